The number of ether oxygens (including phenoxy) is 1. The van der Waals surface area contributed by atoms with E-state index in [0.717, 1.165) is 29.3 Å². The van der Waals surface area contributed by atoms with Crippen molar-refractivity contribution < 1.29 is 9.26 Å². The minimum Gasteiger partial charge on any atom is -0.491 e. The van der Waals surface area contributed by atoms with E-state index in [1.54, 1.807) is 0 Å². The summed E-state index contributed by atoms with van der Waals surface area (Å²) in [5.41, 5.74) is 8.51. The molecule has 0 aliphatic rings. The number of nitrogens with two attached hydrogens (primary N) is 1. The van der Waals surface area contributed by atoms with E-state index in [9.17, 15) is 0 Å². The molecule has 0 unspecified atom stereocenters. The van der Waals surface area contributed by atoms with E-state index >= 15 is 0 Å². The summed E-state index contributed by atoms with van der Waals surface area (Å²) in [4.78, 5) is 2.08. The highest BCUT2D eigenvalue weighted by atomic mass is 16.5. The van der Waals surface area contributed by atoms with Crippen molar-refractivity contribution in [3.8, 4) is 5.75 Å². The summed E-state index contributed by atoms with van der Waals surface area (Å²) in [5.74, 6) is 1.55. The van der Waals surface area contributed by atoms with E-state index < -0.39 is 0 Å². The van der Waals surface area contributed by atoms with Crippen molar-refractivity contribution in [2.45, 2.75) is 26.8 Å². The van der Waals surface area contributed by atoms with Gasteiger partial charge in [0.15, 0.2) is 0 Å². The van der Waals surface area contributed by atoms with Gasteiger partial charge in [0.05, 0.1) is 18.8 Å². The zero-order chi connectivity index (χ0) is 14.5. The fourth-order valence-corrected chi connectivity index (χ4v) is 1.92. The Balaban J connectivity index is 2.10. The molecule has 0 saturated heterocycles. The molecule has 1 aromatic heterocycles. The SMILES string of the molecule is CCCOc1cc(N(C)Cc2cc(C)on2)ccc1N. The summed E-state index contributed by atoms with van der Waals surface area (Å²) in [6.07, 6.45) is 0.956. The van der Waals surface area contributed by atoms with E-state index in [0.29, 0.717) is 18.8 Å². The van der Waals surface area contributed by atoms with Crippen molar-refractivity contribution in [1.82, 2.24) is 5.16 Å². The van der Waals surface area contributed by atoms with Crippen molar-refractivity contribution in [2.75, 3.05) is 24.3 Å². The fraction of sp³-hybridized carbons (Fsp3) is 0.400. The van der Waals surface area contributed by atoms with Gasteiger partial charge >= 0.3 is 0 Å². The van der Waals surface area contributed by atoms with E-state index in [4.69, 9.17) is 15.0 Å². The number of aromatic nitrogens is 1. The molecule has 20 heavy (non-hydrogen) atoms. The summed E-state index contributed by atoms with van der Waals surface area (Å²) in [5, 5.41) is 4.00. The average Bonchev–Trinajstić information content (AvgIpc) is 2.83. The van der Waals surface area contributed by atoms with E-state index in [-0.39, 0.29) is 0 Å². The van der Waals surface area contributed by atoms with Crippen LogP contribution in [0.4, 0.5) is 11.4 Å². The zero-order valence-corrected chi connectivity index (χ0v) is 12.2. The number of benzene rings is 1. The highest BCUT2D eigenvalue weighted by molar-refractivity contribution is 5.62. The Morgan fingerprint density at radius 3 is 2.80 bits per heavy atom. The van der Waals surface area contributed by atoms with Gasteiger partial charge in [-0.05, 0) is 25.5 Å². The minimum atomic E-state index is 0.660. The first kappa shape index (κ1) is 14.2. The molecule has 0 atom stereocenters. The van der Waals surface area contributed by atoms with E-state index in [1.165, 1.54) is 0 Å². The molecular weight excluding hydrogens is 254 g/mol. The van der Waals surface area contributed by atoms with Crippen molar-refractivity contribution in [3.63, 3.8) is 0 Å². The standard InChI is InChI=1S/C15H21N3O2/c1-4-7-19-15-9-13(5-6-14(15)16)18(3)10-12-8-11(2)20-17-12/h5-6,8-9H,4,7,10,16H2,1-3H3. The molecule has 0 fully saturated rings. The molecule has 5 heteroatoms. The minimum absolute atomic E-state index is 0.660. The van der Waals surface area contributed by atoms with Gasteiger partial charge < -0.3 is 19.9 Å². The third-order valence-corrected chi connectivity index (χ3v) is 2.98. The highest BCUT2D eigenvalue weighted by Gasteiger charge is 2.09. The molecule has 2 aromatic rings. The Labute approximate surface area is 119 Å². The van der Waals surface area contributed by atoms with Gasteiger partial charge in [0.25, 0.3) is 0 Å². The van der Waals surface area contributed by atoms with Crippen LogP contribution in [0.15, 0.2) is 28.8 Å². The van der Waals surface area contributed by atoms with Crippen molar-refractivity contribution in [1.29, 1.82) is 0 Å². The second-order valence-electron chi connectivity index (χ2n) is 4.86. The molecular formula is C15H21N3O2. The predicted molar refractivity (Wildman–Crippen MR) is 80.0 cm³/mol. The summed E-state index contributed by atoms with van der Waals surface area (Å²) in [7, 11) is 2.00. The van der Waals surface area contributed by atoms with Crippen molar-refractivity contribution in [2.24, 2.45) is 0 Å². The lowest BCUT2D eigenvalue weighted by molar-refractivity contribution is 0.319. The largest absolute Gasteiger partial charge is 0.491 e. The molecule has 2 rings (SSSR count). The maximum absolute atomic E-state index is 5.92. The molecule has 0 amide bonds. The van der Waals surface area contributed by atoms with Crippen LogP contribution in [-0.2, 0) is 6.54 Å². The van der Waals surface area contributed by atoms with Crippen molar-refractivity contribution in [3.05, 3.63) is 35.7 Å². The molecule has 5 nitrogen and oxygen atoms in total. The predicted octanol–water partition coefficient (Wildman–Crippen LogP) is 2.99. The van der Waals surface area contributed by atoms with Gasteiger partial charge in [-0.2, -0.15) is 0 Å². The van der Waals surface area contributed by atoms with Crippen LogP contribution in [-0.4, -0.2) is 18.8 Å². The molecule has 0 saturated carbocycles. The number of hydrogen-bond donors (Lipinski definition) is 1. The van der Waals surface area contributed by atoms with Gasteiger partial charge in [0, 0.05) is 24.9 Å². The number of nitrogen functional groups attached to an aromatic ring is 1. The van der Waals surface area contributed by atoms with Crippen LogP contribution >= 0.6 is 0 Å². The fourth-order valence-electron chi connectivity index (χ4n) is 1.92. The maximum Gasteiger partial charge on any atom is 0.144 e. The Hall–Kier alpha value is -2.17. The summed E-state index contributed by atoms with van der Waals surface area (Å²) in [6, 6.07) is 7.73. The van der Waals surface area contributed by atoms with Gasteiger partial charge in [0.2, 0.25) is 0 Å². The maximum atomic E-state index is 5.92. The van der Waals surface area contributed by atoms with Gasteiger partial charge in [0.1, 0.15) is 17.2 Å². The normalized spacial score (nSPS) is 10.6. The molecule has 0 bridgehead atoms. The van der Waals surface area contributed by atoms with Crippen LogP contribution in [0.5, 0.6) is 5.75 Å². The third-order valence-electron chi connectivity index (χ3n) is 2.98. The first-order chi connectivity index (χ1) is 9.60. The van der Waals surface area contributed by atoms with Gasteiger partial charge in [-0.15, -0.1) is 0 Å². The second-order valence-corrected chi connectivity index (χ2v) is 4.86. The van der Waals surface area contributed by atoms with Crippen LogP contribution in [0.1, 0.15) is 24.8 Å². The topological polar surface area (TPSA) is 64.5 Å². The smallest absolute Gasteiger partial charge is 0.144 e. The summed E-state index contributed by atoms with van der Waals surface area (Å²) >= 11 is 0. The average molecular weight is 275 g/mol. The number of anilines is 2. The van der Waals surface area contributed by atoms with Crippen LogP contribution in [0.25, 0.3) is 0 Å². The molecule has 0 aliphatic carbocycles. The summed E-state index contributed by atoms with van der Waals surface area (Å²) in [6.45, 7) is 5.30. The molecule has 1 aromatic carbocycles. The number of rotatable bonds is 6. The van der Waals surface area contributed by atoms with Gasteiger partial charge in [-0.3, -0.25) is 0 Å². The van der Waals surface area contributed by atoms with Crippen LogP contribution in [0.2, 0.25) is 0 Å². The van der Waals surface area contributed by atoms with Crippen LogP contribution in [0, 0.1) is 6.92 Å². The van der Waals surface area contributed by atoms with Gasteiger partial charge in [-0.25, -0.2) is 0 Å². The van der Waals surface area contributed by atoms with Gasteiger partial charge in [-0.1, -0.05) is 12.1 Å². The number of hydrogen-bond acceptors (Lipinski definition) is 5. The highest BCUT2D eigenvalue weighted by Crippen LogP contribution is 2.28. The first-order valence-corrected chi connectivity index (χ1v) is 6.75. The molecule has 0 aliphatic heterocycles. The third kappa shape index (κ3) is 3.44. The lowest BCUT2D eigenvalue weighted by atomic mass is 10.2. The second kappa shape index (κ2) is 6.32. The number of aryl methyl sites for hydroxylation is 1. The quantitative estimate of drug-likeness (QED) is 0.821. The lowest BCUT2D eigenvalue weighted by Crippen LogP contribution is -2.16. The number of nitrogens with zero attached hydrogens (tertiary/aromatic N) is 2. The molecule has 2 N–H and O–H groups in total. The van der Waals surface area contributed by atoms with E-state index in [2.05, 4.69) is 17.0 Å². The summed E-state index contributed by atoms with van der Waals surface area (Å²) < 4.78 is 10.7. The van der Waals surface area contributed by atoms with E-state index in [1.807, 2.05) is 38.2 Å². The first-order valence-electron chi connectivity index (χ1n) is 6.75. The Bertz CT molecular complexity index is 566. The Morgan fingerprint density at radius 1 is 1.35 bits per heavy atom. The molecule has 0 radical (unpaired) electrons. The van der Waals surface area contributed by atoms with Crippen LogP contribution in [0.3, 0.4) is 0 Å². The Kier molecular flexibility index (Phi) is 4.50. The lowest BCUT2D eigenvalue weighted by Gasteiger charge is -2.19. The van der Waals surface area contributed by atoms with Crippen LogP contribution < -0.4 is 15.4 Å². The monoisotopic (exact) mass is 275 g/mol. The zero-order valence-electron chi connectivity index (χ0n) is 12.2. The molecule has 108 valence electrons. The molecule has 0 spiro atoms. The Morgan fingerprint density at radius 2 is 2.15 bits per heavy atom. The molecule has 1 heterocycles. The van der Waals surface area contributed by atoms with Crippen molar-refractivity contribution >= 4 is 11.4 Å².